The van der Waals surface area contributed by atoms with E-state index in [0.29, 0.717) is 0 Å². The number of halogens is 6. The summed E-state index contributed by atoms with van der Waals surface area (Å²) in [6.45, 7) is 0. The van der Waals surface area contributed by atoms with Crippen LogP contribution in [0.4, 0.5) is 0 Å². The normalized spacial score (nSPS) is 13.1. The summed E-state index contributed by atoms with van der Waals surface area (Å²) in [7, 11) is 0. The molecule has 0 spiro atoms. The van der Waals surface area contributed by atoms with Crippen molar-refractivity contribution in [3.63, 3.8) is 0 Å². The van der Waals surface area contributed by atoms with Crippen LogP contribution < -0.4 is 0 Å². The van der Waals surface area contributed by atoms with E-state index >= 15 is 0 Å². The summed E-state index contributed by atoms with van der Waals surface area (Å²) >= 11 is 22.1. The lowest BCUT2D eigenvalue weighted by Crippen LogP contribution is -2.47. The average Bonchev–Trinajstić information content (AvgIpc) is 2.46. The van der Waals surface area contributed by atoms with Crippen molar-refractivity contribution >= 4 is 95.6 Å². The summed E-state index contributed by atoms with van der Waals surface area (Å²) in [6.07, 6.45) is 0. The van der Waals surface area contributed by atoms with Crippen LogP contribution >= 0.6 is 95.6 Å². The first-order valence-corrected chi connectivity index (χ1v) is 11.0. The van der Waals surface area contributed by atoms with E-state index < -0.39 is 9.70 Å². The fourth-order valence-electron chi connectivity index (χ4n) is 2.11. The van der Waals surface area contributed by atoms with Crippen LogP contribution in [0.2, 0.25) is 0 Å². The summed E-state index contributed by atoms with van der Waals surface area (Å²) in [4.78, 5) is 0. The monoisotopic (exact) mass is 696 g/mol. The van der Waals surface area contributed by atoms with Crippen molar-refractivity contribution < 1.29 is 10.2 Å². The first-order chi connectivity index (χ1) is 10.5. The lowest BCUT2D eigenvalue weighted by atomic mass is 9.88. The van der Waals surface area contributed by atoms with E-state index in [2.05, 4.69) is 95.6 Å². The van der Waals surface area contributed by atoms with Gasteiger partial charge in [-0.05, 0) is 35.4 Å². The van der Waals surface area contributed by atoms with Crippen molar-refractivity contribution in [2.75, 3.05) is 0 Å². The van der Waals surface area contributed by atoms with Gasteiger partial charge in [-0.1, -0.05) is 120 Å². The first kappa shape index (κ1) is 20.2. The fourth-order valence-corrected chi connectivity index (χ4v) is 5.54. The second-order valence-electron chi connectivity index (χ2n) is 4.82. The van der Waals surface area contributed by atoms with Crippen molar-refractivity contribution in [3.8, 4) is 11.5 Å². The zero-order valence-electron chi connectivity index (χ0n) is 11.3. The minimum Gasteiger partial charge on any atom is -0.508 e. The number of benzene rings is 2. The second kappa shape index (κ2) is 7.27. The largest absolute Gasteiger partial charge is 0.508 e. The van der Waals surface area contributed by atoms with Gasteiger partial charge in [-0.2, -0.15) is 0 Å². The highest BCUT2D eigenvalue weighted by molar-refractivity contribution is 9.41. The zero-order valence-corrected chi connectivity index (χ0v) is 20.8. The highest BCUT2D eigenvalue weighted by Gasteiger charge is 2.59. The molecule has 0 bridgehead atoms. The van der Waals surface area contributed by atoms with Crippen LogP contribution in [0.25, 0.3) is 0 Å². The molecule has 2 aromatic carbocycles. The maximum atomic E-state index is 9.59. The molecule has 0 atom stereocenters. The third-order valence-electron chi connectivity index (χ3n) is 3.32. The Morgan fingerprint density at radius 3 is 1.13 bits per heavy atom. The first-order valence-electron chi connectivity index (χ1n) is 6.22. The molecule has 0 aliphatic heterocycles. The number of hydrogen-bond donors (Lipinski definition) is 2. The number of hydrogen-bond acceptors (Lipinski definition) is 2. The van der Waals surface area contributed by atoms with Crippen molar-refractivity contribution in [2.45, 2.75) is 9.70 Å². The number of alkyl halides is 6. The molecule has 2 N–H and O–H groups in total. The van der Waals surface area contributed by atoms with Crippen LogP contribution in [0.15, 0.2) is 48.5 Å². The summed E-state index contributed by atoms with van der Waals surface area (Å²) < 4.78 is -2.27. The molecular formula is C15H10Br6O2. The molecule has 0 heterocycles. The molecule has 2 nitrogen and oxygen atoms in total. The summed E-state index contributed by atoms with van der Waals surface area (Å²) in [5.41, 5.74) is 1.77. The molecule has 0 saturated heterocycles. The molecule has 2 rings (SSSR count). The molecular weight excluding hydrogens is 692 g/mol. The van der Waals surface area contributed by atoms with Gasteiger partial charge in [0.05, 0.1) is 0 Å². The van der Waals surface area contributed by atoms with E-state index in [0.717, 1.165) is 11.1 Å². The quantitative estimate of drug-likeness (QED) is 0.337. The molecule has 0 amide bonds. The molecule has 0 fully saturated rings. The molecule has 23 heavy (non-hydrogen) atoms. The van der Waals surface area contributed by atoms with E-state index in [9.17, 15) is 10.2 Å². The Kier molecular flexibility index (Phi) is 6.40. The Balaban J connectivity index is 2.73. The van der Waals surface area contributed by atoms with Gasteiger partial charge in [0.2, 0.25) is 0 Å². The van der Waals surface area contributed by atoms with E-state index in [1.807, 2.05) is 24.3 Å². The molecule has 8 heteroatoms. The molecule has 124 valence electrons. The predicted molar refractivity (Wildman–Crippen MR) is 116 cm³/mol. The van der Waals surface area contributed by atoms with Crippen molar-refractivity contribution in [3.05, 3.63) is 59.7 Å². The van der Waals surface area contributed by atoms with Gasteiger partial charge in [0.1, 0.15) is 19.1 Å². The van der Waals surface area contributed by atoms with Crippen LogP contribution in [0.3, 0.4) is 0 Å². The van der Waals surface area contributed by atoms with Gasteiger partial charge in [-0.25, -0.2) is 0 Å². The summed E-state index contributed by atoms with van der Waals surface area (Å²) in [5, 5.41) is 19.2. The minimum atomic E-state index is -0.784. The molecule has 0 aromatic heterocycles. The topological polar surface area (TPSA) is 40.5 Å². The predicted octanol–water partition coefficient (Wildman–Crippen LogP) is 7.06. The minimum absolute atomic E-state index is 0.187. The van der Waals surface area contributed by atoms with Gasteiger partial charge in [-0.15, -0.1) is 0 Å². The van der Waals surface area contributed by atoms with E-state index in [4.69, 9.17) is 0 Å². The van der Waals surface area contributed by atoms with Gasteiger partial charge in [-0.3, -0.25) is 0 Å². The molecule has 0 aliphatic rings. The van der Waals surface area contributed by atoms with Crippen molar-refractivity contribution in [2.24, 2.45) is 0 Å². The van der Waals surface area contributed by atoms with Crippen LogP contribution in [0, 0.1) is 0 Å². The van der Waals surface area contributed by atoms with Crippen molar-refractivity contribution in [1.82, 2.24) is 0 Å². The van der Waals surface area contributed by atoms with Gasteiger partial charge in [0.25, 0.3) is 0 Å². The van der Waals surface area contributed by atoms with Gasteiger partial charge in [0, 0.05) is 0 Å². The Labute approximate surface area is 184 Å². The van der Waals surface area contributed by atoms with Crippen molar-refractivity contribution in [1.29, 1.82) is 0 Å². The number of rotatable bonds is 3. The van der Waals surface area contributed by atoms with E-state index in [-0.39, 0.29) is 11.5 Å². The fraction of sp³-hybridized carbons (Fsp3) is 0.200. The molecule has 0 aliphatic carbocycles. The third-order valence-corrected chi connectivity index (χ3v) is 13.2. The number of phenols is 2. The molecule has 2 aromatic rings. The highest BCUT2D eigenvalue weighted by atomic mass is 80.0. The Bertz CT molecular complexity index is 631. The van der Waals surface area contributed by atoms with Gasteiger partial charge < -0.3 is 10.2 Å². The standard InChI is InChI=1S/C15H10Br6O2/c16-13(14(17,18)15(19,20)21,9-1-5-11(22)6-2-9)10-3-7-12(23)8-4-10/h1-8,22-23H. The Hall–Kier alpha value is 0.920. The van der Waals surface area contributed by atoms with Crippen LogP contribution in [-0.2, 0) is 4.32 Å². The average molecular weight is 702 g/mol. The Morgan fingerprint density at radius 1 is 0.565 bits per heavy atom. The van der Waals surface area contributed by atoms with Gasteiger partial charge in [0.15, 0.2) is 2.14 Å². The number of aromatic hydroxyl groups is 2. The number of phenolic OH excluding ortho intramolecular Hbond substituents is 2. The SMILES string of the molecule is Oc1ccc(C(Br)(c2ccc(O)cc2)C(Br)(Br)C(Br)(Br)Br)cc1. The Morgan fingerprint density at radius 2 is 0.870 bits per heavy atom. The van der Waals surface area contributed by atoms with E-state index in [1.54, 1.807) is 24.3 Å². The van der Waals surface area contributed by atoms with Crippen LogP contribution in [0.5, 0.6) is 11.5 Å². The molecule has 0 unspecified atom stereocenters. The van der Waals surface area contributed by atoms with E-state index in [1.165, 1.54) is 0 Å². The second-order valence-corrected chi connectivity index (χ2v) is 16.2. The maximum absolute atomic E-state index is 9.59. The zero-order chi connectivity index (χ0) is 17.5. The van der Waals surface area contributed by atoms with Gasteiger partial charge >= 0.3 is 0 Å². The molecule has 0 saturated carbocycles. The summed E-state index contributed by atoms with van der Waals surface area (Å²) in [6, 6.07) is 13.8. The maximum Gasteiger partial charge on any atom is 0.161 e. The van der Waals surface area contributed by atoms with Crippen LogP contribution in [-0.4, -0.2) is 15.6 Å². The smallest absolute Gasteiger partial charge is 0.161 e. The highest BCUT2D eigenvalue weighted by Crippen LogP contribution is 2.66. The van der Waals surface area contributed by atoms with Crippen LogP contribution in [0.1, 0.15) is 11.1 Å². The lowest BCUT2D eigenvalue weighted by molar-refractivity contribution is 0.474. The summed E-state index contributed by atoms with van der Waals surface area (Å²) in [5.74, 6) is 0.374. The lowest BCUT2D eigenvalue weighted by Gasteiger charge is -2.45. The third kappa shape index (κ3) is 3.87. The molecule has 0 radical (unpaired) electrons.